The Bertz CT molecular complexity index is 1040. The summed E-state index contributed by atoms with van der Waals surface area (Å²) in [5, 5.41) is 0.637. The minimum absolute atomic E-state index is 0.249. The van der Waals surface area contributed by atoms with Crippen molar-refractivity contribution in [2.45, 2.75) is 26.2 Å². The van der Waals surface area contributed by atoms with E-state index in [2.05, 4.69) is 11.9 Å². The topological polar surface area (TPSA) is 70.8 Å². The molecule has 0 unspecified atom stereocenters. The van der Waals surface area contributed by atoms with Gasteiger partial charge in [0.2, 0.25) is 11.6 Å². The highest BCUT2D eigenvalue weighted by molar-refractivity contribution is 7.18. The van der Waals surface area contributed by atoms with Gasteiger partial charge in [-0.15, -0.1) is 11.3 Å². The fourth-order valence-electron chi connectivity index (χ4n) is 3.61. The molecule has 1 aromatic carbocycles. The van der Waals surface area contributed by atoms with Crippen LogP contribution < -0.4 is 19.8 Å². The average molecular weight is 387 g/mol. The summed E-state index contributed by atoms with van der Waals surface area (Å²) < 4.78 is 21.7. The fourth-order valence-corrected chi connectivity index (χ4v) is 4.97. The van der Waals surface area contributed by atoms with E-state index in [1.165, 1.54) is 4.88 Å². The molecular formula is C20H21NO5S. The first-order chi connectivity index (χ1) is 13.0. The zero-order valence-corrected chi connectivity index (χ0v) is 16.6. The Labute approximate surface area is 160 Å². The number of nitrogens with zero attached hydrogens (tertiary/aromatic N) is 1. The van der Waals surface area contributed by atoms with E-state index in [9.17, 15) is 4.79 Å². The van der Waals surface area contributed by atoms with Crippen molar-refractivity contribution in [3.05, 3.63) is 33.0 Å². The van der Waals surface area contributed by atoms with Crippen LogP contribution in [0.2, 0.25) is 0 Å². The number of rotatable bonds is 4. The second-order valence-corrected chi connectivity index (χ2v) is 7.84. The zero-order chi connectivity index (χ0) is 19.1. The SMILES string of the molecule is COc1cc(-c2nc3sc4c(c3c(=O)o2)CC[C@@H](C)C4)cc(OC)c1OC. The first-order valence-corrected chi connectivity index (χ1v) is 9.63. The highest BCUT2D eigenvalue weighted by atomic mass is 32.1. The lowest BCUT2D eigenvalue weighted by Gasteiger charge is -2.17. The molecular weight excluding hydrogens is 366 g/mol. The normalized spacial score (nSPS) is 16.2. The molecule has 0 radical (unpaired) electrons. The highest BCUT2D eigenvalue weighted by Crippen LogP contribution is 2.41. The second kappa shape index (κ2) is 6.88. The van der Waals surface area contributed by atoms with Crippen LogP contribution in [0.25, 0.3) is 21.7 Å². The quantitative estimate of drug-likeness (QED) is 0.672. The molecule has 1 atom stereocenters. The smallest absolute Gasteiger partial charge is 0.348 e. The number of benzene rings is 1. The van der Waals surface area contributed by atoms with Gasteiger partial charge in [0.1, 0.15) is 10.2 Å². The van der Waals surface area contributed by atoms with Crippen LogP contribution in [0.5, 0.6) is 17.2 Å². The van der Waals surface area contributed by atoms with Crippen molar-refractivity contribution in [3.63, 3.8) is 0 Å². The largest absolute Gasteiger partial charge is 0.493 e. The van der Waals surface area contributed by atoms with Crippen molar-refractivity contribution >= 4 is 21.6 Å². The Hall–Kier alpha value is -2.54. The summed E-state index contributed by atoms with van der Waals surface area (Å²) in [6, 6.07) is 3.46. The molecule has 4 rings (SSSR count). The van der Waals surface area contributed by atoms with Crippen LogP contribution in [0.4, 0.5) is 0 Å². The van der Waals surface area contributed by atoms with Gasteiger partial charge in [-0.05, 0) is 42.9 Å². The number of methoxy groups -OCH3 is 3. The van der Waals surface area contributed by atoms with Gasteiger partial charge >= 0.3 is 5.63 Å². The van der Waals surface area contributed by atoms with Gasteiger partial charge in [-0.3, -0.25) is 0 Å². The van der Waals surface area contributed by atoms with E-state index in [1.54, 1.807) is 44.8 Å². The molecule has 0 aliphatic heterocycles. The summed E-state index contributed by atoms with van der Waals surface area (Å²) in [6.07, 6.45) is 2.99. The maximum absolute atomic E-state index is 12.7. The lowest BCUT2D eigenvalue weighted by Crippen LogP contribution is -2.11. The molecule has 2 aromatic heterocycles. The van der Waals surface area contributed by atoms with Crippen molar-refractivity contribution in [2.75, 3.05) is 21.3 Å². The molecule has 0 fully saturated rings. The van der Waals surface area contributed by atoms with Crippen LogP contribution >= 0.6 is 11.3 Å². The molecule has 7 heteroatoms. The summed E-state index contributed by atoms with van der Waals surface area (Å²) in [5.41, 5.74) is 1.38. The number of fused-ring (bicyclic) bond motifs is 3. The number of aromatic nitrogens is 1. The summed E-state index contributed by atoms with van der Waals surface area (Å²) >= 11 is 1.60. The molecule has 0 spiro atoms. The summed E-state index contributed by atoms with van der Waals surface area (Å²) in [5.74, 6) is 2.32. The van der Waals surface area contributed by atoms with Crippen molar-refractivity contribution in [2.24, 2.45) is 5.92 Å². The van der Waals surface area contributed by atoms with Crippen molar-refractivity contribution in [1.29, 1.82) is 0 Å². The Morgan fingerprint density at radius 1 is 1.15 bits per heavy atom. The third kappa shape index (κ3) is 2.96. The van der Waals surface area contributed by atoms with Crippen LogP contribution in [0.3, 0.4) is 0 Å². The van der Waals surface area contributed by atoms with E-state index in [4.69, 9.17) is 18.6 Å². The van der Waals surface area contributed by atoms with E-state index in [1.807, 2.05) is 0 Å². The molecule has 3 aromatic rings. The third-order valence-corrected chi connectivity index (χ3v) is 6.15. The standard InChI is InChI=1S/C20H21NO5S/c1-10-5-6-12-15(7-10)27-19-16(12)20(22)26-18(21-19)11-8-13(23-2)17(25-4)14(9-11)24-3/h8-10H,5-7H2,1-4H3/t10-/m1/s1. The number of hydrogen-bond acceptors (Lipinski definition) is 7. The van der Waals surface area contributed by atoms with Crippen LogP contribution in [0, 0.1) is 5.92 Å². The average Bonchev–Trinajstić information content (AvgIpc) is 3.04. The van der Waals surface area contributed by atoms with E-state index in [-0.39, 0.29) is 11.5 Å². The molecule has 1 aliphatic rings. The van der Waals surface area contributed by atoms with Crippen LogP contribution in [0.1, 0.15) is 23.8 Å². The van der Waals surface area contributed by atoms with Gasteiger partial charge in [0.25, 0.3) is 0 Å². The molecule has 2 heterocycles. The molecule has 1 aliphatic carbocycles. The highest BCUT2D eigenvalue weighted by Gasteiger charge is 2.24. The van der Waals surface area contributed by atoms with E-state index in [0.717, 1.165) is 29.7 Å². The van der Waals surface area contributed by atoms with Gasteiger partial charge in [-0.25, -0.2) is 9.78 Å². The lowest BCUT2D eigenvalue weighted by atomic mass is 9.89. The number of ether oxygens (including phenoxy) is 3. The van der Waals surface area contributed by atoms with Crippen molar-refractivity contribution in [3.8, 4) is 28.7 Å². The maximum Gasteiger partial charge on any atom is 0.348 e. The molecule has 0 saturated heterocycles. The molecule has 0 saturated carbocycles. The molecule has 0 N–H and O–H groups in total. The minimum Gasteiger partial charge on any atom is -0.493 e. The fraction of sp³-hybridized carbons (Fsp3) is 0.400. The van der Waals surface area contributed by atoms with Gasteiger partial charge in [-0.2, -0.15) is 0 Å². The van der Waals surface area contributed by atoms with E-state index >= 15 is 0 Å². The van der Waals surface area contributed by atoms with Crippen molar-refractivity contribution < 1.29 is 18.6 Å². The Balaban J connectivity index is 1.89. The number of hydrogen-bond donors (Lipinski definition) is 0. The van der Waals surface area contributed by atoms with E-state index in [0.29, 0.717) is 34.1 Å². The van der Waals surface area contributed by atoms with Gasteiger partial charge < -0.3 is 18.6 Å². The predicted octanol–water partition coefficient (Wildman–Crippen LogP) is 4.07. The van der Waals surface area contributed by atoms with Crippen LogP contribution in [-0.2, 0) is 12.8 Å². The molecule has 0 bridgehead atoms. The molecule has 142 valence electrons. The predicted molar refractivity (Wildman–Crippen MR) is 104 cm³/mol. The monoisotopic (exact) mass is 387 g/mol. The third-order valence-electron chi connectivity index (χ3n) is 5.00. The number of thiophene rings is 1. The Morgan fingerprint density at radius 3 is 2.48 bits per heavy atom. The minimum atomic E-state index is -0.337. The second-order valence-electron chi connectivity index (χ2n) is 6.75. The van der Waals surface area contributed by atoms with Gasteiger partial charge in [0, 0.05) is 10.4 Å². The van der Waals surface area contributed by atoms with Crippen molar-refractivity contribution in [1.82, 2.24) is 4.98 Å². The number of aryl methyl sites for hydroxylation is 1. The first-order valence-electron chi connectivity index (χ1n) is 8.81. The Kier molecular flexibility index (Phi) is 4.55. The van der Waals surface area contributed by atoms with Crippen LogP contribution in [0.15, 0.2) is 21.3 Å². The summed E-state index contributed by atoms with van der Waals surface area (Å²) in [7, 11) is 4.63. The summed E-state index contributed by atoms with van der Waals surface area (Å²) in [4.78, 5) is 19.4. The zero-order valence-electron chi connectivity index (χ0n) is 15.8. The van der Waals surface area contributed by atoms with E-state index < -0.39 is 0 Å². The van der Waals surface area contributed by atoms with Gasteiger partial charge in [0.05, 0.1) is 21.3 Å². The molecule has 0 amide bonds. The maximum atomic E-state index is 12.7. The van der Waals surface area contributed by atoms with Gasteiger partial charge in [-0.1, -0.05) is 6.92 Å². The summed E-state index contributed by atoms with van der Waals surface area (Å²) in [6.45, 7) is 2.24. The molecule has 27 heavy (non-hydrogen) atoms. The van der Waals surface area contributed by atoms with Gasteiger partial charge in [0.15, 0.2) is 11.5 Å². The first kappa shape index (κ1) is 17.9. The Morgan fingerprint density at radius 2 is 1.85 bits per heavy atom. The lowest BCUT2D eigenvalue weighted by molar-refractivity contribution is 0.324. The molecule has 6 nitrogen and oxygen atoms in total. The van der Waals surface area contributed by atoms with Crippen LogP contribution in [-0.4, -0.2) is 26.3 Å².